The van der Waals surface area contributed by atoms with Gasteiger partial charge >= 0.3 is 0 Å². The Kier molecular flexibility index (Phi) is 11.5. The maximum Gasteiger partial charge on any atom is 0.264 e. The van der Waals surface area contributed by atoms with Crippen molar-refractivity contribution in [1.82, 2.24) is 10.2 Å². The summed E-state index contributed by atoms with van der Waals surface area (Å²) in [5, 5.41) is 2.93. The molecule has 2 amide bonds. The van der Waals surface area contributed by atoms with Crippen molar-refractivity contribution in [3.8, 4) is 11.5 Å². The predicted molar refractivity (Wildman–Crippen MR) is 171 cm³/mol. The van der Waals surface area contributed by atoms with E-state index in [9.17, 15) is 18.0 Å². The number of carbonyl (C=O) groups is 2. The SMILES string of the molecule is CCOc1ccc(N(CC(=O)N(Cc2cccc(OC)c2)C(C)C(=O)NC(C)(C)C)S(=O)(=O)c2ccc(SC)cc2)cc1. The third-order valence-corrected chi connectivity index (χ3v) is 9.05. The molecule has 232 valence electrons. The Bertz CT molecular complexity index is 1490. The van der Waals surface area contributed by atoms with Gasteiger partial charge in [-0.2, -0.15) is 0 Å². The molecule has 0 fully saturated rings. The van der Waals surface area contributed by atoms with Crippen LogP contribution in [0.1, 0.15) is 40.2 Å². The molecule has 1 unspecified atom stereocenters. The summed E-state index contributed by atoms with van der Waals surface area (Å²) in [6, 6.07) is 19.3. The Labute approximate surface area is 259 Å². The highest BCUT2D eigenvalue weighted by Gasteiger charge is 2.33. The minimum Gasteiger partial charge on any atom is -0.497 e. The molecule has 0 saturated carbocycles. The van der Waals surface area contributed by atoms with Crippen LogP contribution in [-0.4, -0.2) is 63.2 Å². The first kappa shape index (κ1) is 33.8. The Hall–Kier alpha value is -3.70. The summed E-state index contributed by atoms with van der Waals surface area (Å²) < 4.78 is 40.1. The summed E-state index contributed by atoms with van der Waals surface area (Å²) in [6.07, 6.45) is 1.91. The van der Waals surface area contributed by atoms with Gasteiger partial charge < -0.3 is 19.7 Å². The fourth-order valence-electron chi connectivity index (χ4n) is 4.30. The summed E-state index contributed by atoms with van der Waals surface area (Å²) in [4.78, 5) is 29.7. The largest absolute Gasteiger partial charge is 0.497 e. The number of rotatable bonds is 13. The van der Waals surface area contributed by atoms with Gasteiger partial charge in [-0.25, -0.2) is 8.42 Å². The van der Waals surface area contributed by atoms with Crippen LogP contribution in [-0.2, 0) is 26.2 Å². The minimum absolute atomic E-state index is 0.0462. The zero-order valence-corrected chi connectivity index (χ0v) is 27.4. The number of sulfonamides is 1. The van der Waals surface area contributed by atoms with E-state index in [4.69, 9.17) is 9.47 Å². The summed E-state index contributed by atoms with van der Waals surface area (Å²) in [5.41, 5.74) is 0.488. The van der Waals surface area contributed by atoms with E-state index in [1.807, 2.05) is 40.0 Å². The van der Waals surface area contributed by atoms with E-state index >= 15 is 0 Å². The first-order valence-electron chi connectivity index (χ1n) is 13.9. The molecule has 0 aliphatic heterocycles. The first-order chi connectivity index (χ1) is 20.3. The number of methoxy groups -OCH3 is 1. The molecule has 1 N–H and O–H groups in total. The number of amides is 2. The topological polar surface area (TPSA) is 105 Å². The van der Waals surface area contributed by atoms with Crippen molar-refractivity contribution in [3.63, 3.8) is 0 Å². The normalized spacial score (nSPS) is 12.3. The first-order valence-corrected chi connectivity index (χ1v) is 16.6. The van der Waals surface area contributed by atoms with Gasteiger partial charge in [-0.15, -0.1) is 11.8 Å². The Morgan fingerprint density at radius 3 is 2.19 bits per heavy atom. The lowest BCUT2D eigenvalue weighted by atomic mass is 10.1. The van der Waals surface area contributed by atoms with Gasteiger partial charge in [-0.1, -0.05) is 12.1 Å². The van der Waals surface area contributed by atoms with Crippen molar-refractivity contribution in [2.24, 2.45) is 0 Å². The molecule has 9 nitrogen and oxygen atoms in total. The quantitative estimate of drug-likeness (QED) is 0.255. The maximum atomic E-state index is 14.1. The van der Waals surface area contributed by atoms with Gasteiger partial charge in [0.1, 0.15) is 24.1 Å². The molecule has 1 atom stereocenters. The smallest absolute Gasteiger partial charge is 0.264 e. The van der Waals surface area contributed by atoms with Crippen LogP contribution in [0.2, 0.25) is 0 Å². The van der Waals surface area contributed by atoms with Crippen LogP contribution in [0.15, 0.2) is 82.6 Å². The van der Waals surface area contributed by atoms with Gasteiger partial charge in [0.05, 0.1) is 24.3 Å². The van der Waals surface area contributed by atoms with Gasteiger partial charge in [-0.3, -0.25) is 13.9 Å². The van der Waals surface area contributed by atoms with Crippen LogP contribution in [0.3, 0.4) is 0 Å². The van der Waals surface area contributed by atoms with Gasteiger partial charge in [0, 0.05) is 17.0 Å². The average molecular weight is 628 g/mol. The molecular weight excluding hydrogens is 587 g/mol. The third-order valence-electron chi connectivity index (χ3n) is 6.51. The second-order valence-electron chi connectivity index (χ2n) is 10.9. The highest BCUT2D eigenvalue weighted by molar-refractivity contribution is 7.98. The van der Waals surface area contributed by atoms with Gasteiger partial charge in [0.15, 0.2) is 0 Å². The lowest BCUT2D eigenvalue weighted by Gasteiger charge is -2.33. The highest BCUT2D eigenvalue weighted by Crippen LogP contribution is 2.28. The molecule has 0 radical (unpaired) electrons. The molecule has 0 aromatic heterocycles. The predicted octanol–water partition coefficient (Wildman–Crippen LogP) is 5.34. The number of thioether (sulfide) groups is 1. The zero-order valence-electron chi connectivity index (χ0n) is 25.8. The van der Waals surface area contributed by atoms with E-state index in [1.165, 1.54) is 28.8 Å². The van der Waals surface area contributed by atoms with Crippen LogP contribution in [0.25, 0.3) is 0 Å². The van der Waals surface area contributed by atoms with Crippen molar-refractivity contribution >= 4 is 39.3 Å². The van der Waals surface area contributed by atoms with E-state index < -0.39 is 34.1 Å². The van der Waals surface area contributed by atoms with Gasteiger partial charge in [0.2, 0.25) is 11.8 Å². The molecular formula is C32H41N3O6S2. The number of carbonyl (C=O) groups excluding carboxylic acids is 2. The van der Waals surface area contributed by atoms with Crippen LogP contribution in [0.5, 0.6) is 11.5 Å². The number of benzene rings is 3. The van der Waals surface area contributed by atoms with Crippen molar-refractivity contribution < 1.29 is 27.5 Å². The number of hydrogen-bond acceptors (Lipinski definition) is 7. The number of nitrogens with zero attached hydrogens (tertiary/aromatic N) is 2. The van der Waals surface area contributed by atoms with Crippen LogP contribution in [0.4, 0.5) is 5.69 Å². The molecule has 0 spiro atoms. The Morgan fingerprint density at radius 2 is 1.63 bits per heavy atom. The van der Waals surface area contributed by atoms with E-state index in [2.05, 4.69) is 5.32 Å². The van der Waals surface area contributed by atoms with Crippen LogP contribution in [0, 0.1) is 0 Å². The average Bonchev–Trinajstić information content (AvgIpc) is 2.98. The van der Waals surface area contributed by atoms with E-state index in [0.717, 1.165) is 14.8 Å². The molecule has 43 heavy (non-hydrogen) atoms. The summed E-state index contributed by atoms with van der Waals surface area (Å²) in [6.45, 7) is 9.05. The third kappa shape index (κ3) is 9.14. The molecule has 3 rings (SSSR count). The van der Waals surface area contributed by atoms with E-state index in [1.54, 1.807) is 68.6 Å². The van der Waals surface area contributed by atoms with E-state index in [-0.39, 0.29) is 17.3 Å². The lowest BCUT2D eigenvalue weighted by molar-refractivity contribution is -0.140. The number of nitrogens with one attached hydrogen (secondary N) is 1. The van der Waals surface area contributed by atoms with Crippen LogP contribution >= 0.6 is 11.8 Å². The monoisotopic (exact) mass is 627 g/mol. The molecule has 0 aliphatic rings. The van der Waals surface area contributed by atoms with Gasteiger partial charge in [-0.05, 0) is 107 Å². The number of anilines is 1. The Morgan fingerprint density at radius 1 is 0.977 bits per heavy atom. The summed E-state index contributed by atoms with van der Waals surface area (Å²) >= 11 is 1.50. The summed E-state index contributed by atoms with van der Waals surface area (Å²) in [7, 11) is -2.63. The fourth-order valence-corrected chi connectivity index (χ4v) is 6.13. The second-order valence-corrected chi connectivity index (χ2v) is 13.6. The molecule has 3 aromatic rings. The highest BCUT2D eigenvalue weighted by atomic mass is 32.2. The number of hydrogen-bond donors (Lipinski definition) is 1. The van der Waals surface area contributed by atoms with Crippen molar-refractivity contribution in [1.29, 1.82) is 0 Å². The second kappa shape index (κ2) is 14.7. The molecule has 0 aliphatic carbocycles. The maximum absolute atomic E-state index is 14.1. The van der Waals surface area contributed by atoms with Crippen molar-refractivity contribution in [2.45, 2.75) is 62.5 Å². The lowest BCUT2D eigenvalue weighted by Crippen LogP contribution is -2.54. The Balaban J connectivity index is 2.05. The van der Waals surface area contributed by atoms with Gasteiger partial charge in [0.25, 0.3) is 10.0 Å². The van der Waals surface area contributed by atoms with E-state index in [0.29, 0.717) is 23.8 Å². The molecule has 11 heteroatoms. The van der Waals surface area contributed by atoms with Crippen molar-refractivity contribution in [3.05, 3.63) is 78.4 Å². The minimum atomic E-state index is -4.18. The van der Waals surface area contributed by atoms with Crippen LogP contribution < -0.4 is 19.1 Å². The number of ether oxygens (including phenoxy) is 2. The molecule has 0 bridgehead atoms. The fraction of sp³-hybridized carbons (Fsp3) is 0.375. The standard InChI is InChI=1S/C32H41N3O6S2/c1-8-41-26-14-12-25(13-15-26)35(43(38,39)29-18-16-28(42-7)17-19-29)22-30(36)34(23(2)31(37)33-32(3,4)5)21-24-10-9-11-27(20-24)40-6/h9-20,23H,8,21-22H2,1-7H3,(H,33,37). The summed E-state index contributed by atoms with van der Waals surface area (Å²) in [5.74, 6) is 0.278. The molecule has 3 aromatic carbocycles. The molecule has 0 saturated heterocycles. The zero-order chi connectivity index (χ0) is 31.8. The molecule has 0 heterocycles. The van der Waals surface area contributed by atoms with Crippen molar-refractivity contribution in [2.75, 3.05) is 30.8 Å².